The Morgan fingerprint density at radius 3 is 3.00 bits per heavy atom. The van der Waals surface area contributed by atoms with Crippen LogP contribution in [0.3, 0.4) is 0 Å². The predicted molar refractivity (Wildman–Crippen MR) is 30.5 cm³/mol. The van der Waals surface area contributed by atoms with Crippen molar-refractivity contribution < 1.29 is 6.17 Å². The van der Waals surface area contributed by atoms with E-state index >= 15 is 0 Å². The number of carbonyl (C=O) groups excluding carboxylic acids is 1. The Labute approximate surface area is 53.1 Å². The Bertz CT molecular complexity index is 263. The van der Waals surface area contributed by atoms with Gasteiger partial charge in [-0.25, -0.2) is 4.98 Å². The number of carbonyl (C=O) groups is 1. The quantitative estimate of drug-likeness (QED) is 0.554. The third-order valence-electron chi connectivity index (χ3n) is 0.749. The molecule has 1 heterocycles. The van der Waals surface area contributed by atoms with Crippen LogP contribution in [-0.4, -0.2) is 15.9 Å². The van der Waals surface area contributed by atoms with Gasteiger partial charge in [-0.3, -0.25) is 9.78 Å². The molecule has 0 aliphatic rings. The Hall–Kier alpha value is -1.45. The molecule has 0 saturated carbocycles. The number of amides is 1. The molecule has 1 aromatic heterocycles. The predicted octanol–water partition coefficient (Wildman–Crippen LogP) is -0.425. The molecule has 0 radical (unpaired) electrons. The lowest BCUT2D eigenvalue weighted by atomic mass is 10.4. The summed E-state index contributed by atoms with van der Waals surface area (Å²) in [5, 5.41) is 0. The number of aromatic nitrogens is 2. The fourth-order valence-electron chi connectivity index (χ4n) is 0.387. The monoisotopic (exact) mass is 125 g/mol. The molecule has 46 valence electrons. The van der Waals surface area contributed by atoms with E-state index in [9.17, 15) is 4.79 Å². The van der Waals surface area contributed by atoms with Gasteiger partial charge < -0.3 is 5.73 Å². The second-order valence-electron chi connectivity index (χ2n) is 1.38. The zero-order valence-corrected chi connectivity index (χ0v) is 4.53. The Kier molecular flexibility index (Phi) is 1.09. The summed E-state index contributed by atoms with van der Waals surface area (Å²) in [6, 6.07) is 0. The van der Waals surface area contributed by atoms with Gasteiger partial charge in [0.05, 0.1) is 7.54 Å². The highest BCUT2D eigenvalue weighted by atomic mass is 16.1. The third kappa shape index (κ3) is 1.22. The normalized spacial score (nSPS) is 10.4. The van der Waals surface area contributed by atoms with Crippen LogP contribution in [0, 0.1) is 0 Å². The molecule has 1 aromatic rings. The van der Waals surface area contributed by atoms with Gasteiger partial charge in [0.25, 0.3) is 5.91 Å². The van der Waals surface area contributed by atoms with Crippen molar-refractivity contribution in [2.75, 3.05) is 0 Å². The third-order valence-corrected chi connectivity index (χ3v) is 0.749. The maximum absolute atomic E-state index is 10.4. The molecule has 0 atom stereocenters. The average Bonchev–Trinajstić information content (AvgIpc) is 1.88. The van der Waals surface area contributed by atoms with Crippen LogP contribution in [0.4, 0.5) is 0 Å². The van der Waals surface area contributed by atoms with Crippen molar-refractivity contribution >= 4 is 5.91 Å². The minimum atomic E-state index is -0.724. The SMILES string of the molecule is [3H]c1nccnc1C(N)=O. The van der Waals surface area contributed by atoms with Crippen LogP contribution in [0.25, 0.3) is 0 Å². The molecule has 4 heteroatoms. The van der Waals surface area contributed by atoms with E-state index in [0.717, 1.165) is 0 Å². The Morgan fingerprint density at radius 2 is 2.56 bits per heavy atom. The largest absolute Gasteiger partial charge is 0.364 e. The number of primary amides is 1. The standard InChI is InChI=1S/C5H5N3O/c6-5(9)4-3-7-1-2-8-4/h1-3H,(H2,6,9)/i3T. The topological polar surface area (TPSA) is 68.9 Å². The van der Waals surface area contributed by atoms with Crippen molar-refractivity contribution in [1.82, 2.24) is 9.97 Å². The zero-order chi connectivity index (χ0) is 7.56. The fourth-order valence-corrected chi connectivity index (χ4v) is 0.387. The molecule has 1 rings (SSSR count). The maximum atomic E-state index is 10.4. The Morgan fingerprint density at radius 1 is 1.78 bits per heavy atom. The van der Waals surface area contributed by atoms with Crippen molar-refractivity contribution in [3.8, 4) is 0 Å². The smallest absolute Gasteiger partial charge is 0.268 e. The molecule has 0 saturated heterocycles. The molecule has 0 aromatic carbocycles. The van der Waals surface area contributed by atoms with Crippen molar-refractivity contribution in [2.45, 2.75) is 0 Å². The van der Waals surface area contributed by atoms with Crippen LogP contribution in [0.2, 0.25) is 0 Å². The highest BCUT2D eigenvalue weighted by molar-refractivity contribution is 5.90. The summed E-state index contributed by atoms with van der Waals surface area (Å²) >= 11 is 0. The molecule has 2 N–H and O–H groups in total. The van der Waals surface area contributed by atoms with Gasteiger partial charge in [-0.2, -0.15) is 0 Å². The van der Waals surface area contributed by atoms with Gasteiger partial charge in [0, 0.05) is 12.4 Å². The first kappa shape index (κ1) is 4.43. The lowest BCUT2D eigenvalue weighted by Gasteiger charge is -1.87. The first-order valence-electron chi connectivity index (χ1n) is 2.79. The minimum absolute atomic E-state index is 0.0949. The fraction of sp³-hybridized carbons (Fsp3) is 0. The summed E-state index contributed by atoms with van der Waals surface area (Å²) < 4.78 is 7.03. The van der Waals surface area contributed by atoms with Gasteiger partial charge in [0.1, 0.15) is 5.69 Å². The highest BCUT2D eigenvalue weighted by Gasteiger charge is 1.97. The lowest BCUT2D eigenvalue weighted by Crippen LogP contribution is -2.12. The van der Waals surface area contributed by atoms with Gasteiger partial charge in [0.15, 0.2) is 0 Å². The van der Waals surface area contributed by atoms with Crippen LogP contribution in [0.15, 0.2) is 18.6 Å². The van der Waals surface area contributed by atoms with Crippen LogP contribution < -0.4 is 5.73 Å². The maximum Gasteiger partial charge on any atom is 0.268 e. The lowest BCUT2D eigenvalue weighted by molar-refractivity contribution is 0.0995. The van der Waals surface area contributed by atoms with Gasteiger partial charge >= 0.3 is 0 Å². The van der Waals surface area contributed by atoms with Gasteiger partial charge in [-0.05, 0) is 0 Å². The molecule has 0 fully saturated rings. The molecule has 0 unspecified atom stereocenters. The summed E-state index contributed by atoms with van der Waals surface area (Å²) in [7, 11) is 0. The van der Waals surface area contributed by atoms with Crippen LogP contribution in [0.1, 0.15) is 11.9 Å². The minimum Gasteiger partial charge on any atom is -0.364 e. The number of hydrogen-bond acceptors (Lipinski definition) is 3. The number of nitrogens with two attached hydrogens (primary N) is 1. The molecular formula is C5H5N3O. The van der Waals surface area contributed by atoms with E-state index in [0.29, 0.717) is 0 Å². The number of hydrogen-bond donors (Lipinski definition) is 1. The second kappa shape index (κ2) is 2.21. The molecule has 9 heavy (non-hydrogen) atoms. The van der Waals surface area contributed by atoms with Crippen molar-refractivity contribution in [3.63, 3.8) is 0 Å². The summed E-state index contributed by atoms with van der Waals surface area (Å²) in [4.78, 5) is 17.5. The van der Waals surface area contributed by atoms with Gasteiger partial charge in [-0.15, -0.1) is 0 Å². The van der Waals surface area contributed by atoms with Crippen molar-refractivity contribution in [3.05, 3.63) is 24.3 Å². The van der Waals surface area contributed by atoms with Crippen LogP contribution in [-0.2, 0) is 0 Å². The van der Waals surface area contributed by atoms with Crippen LogP contribution in [0.5, 0.6) is 0 Å². The first-order valence-corrected chi connectivity index (χ1v) is 2.29. The van der Waals surface area contributed by atoms with E-state index in [4.69, 9.17) is 7.10 Å². The highest BCUT2D eigenvalue weighted by Crippen LogP contribution is 1.84. The first-order chi connectivity index (χ1) is 4.72. The Balaban J connectivity index is 3.15. The van der Waals surface area contributed by atoms with Gasteiger partial charge in [0.2, 0.25) is 0 Å². The molecule has 4 nitrogen and oxygen atoms in total. The summed E-state index contributed by atoms with van der Waals surface area (Å²) in [5.41, 5.74) is 4.76. The molecular weight excluding hydrogens is 118 g/mol. The van der Waals surface area contributed by atoms with Crippen molar-refractivity contribution in [1.29, 1.82) is 0 Å². The van der Waals surface area contributed by atoms with E-state index in [-0.39, 0.29) is 11.9 Å². The van der Waals surface area contributed by atoms with Crippen LogP contribution >= 0.6 is 0 Å². The molecule has 1 amide bonds. The van der Waals surface area contributed by atoms with Crippen molar-refractivity contribution in [2.24, 2.45) is 5.73 Å². The van der Waals surface area contributed by atoms with E-state index in [1.165, 1.54) is 12.4 Å². The average molecular weight is 125 g/mol. The van der Waals surface area contributed by atoms with E-state index in [2.05, 4.69) is 9.97 Å². The zero-order valence-electron chi connectivity index (χ0n) is 5.53. The van der Waals surface area contributed by atoms with E-state index < -0.39 is 5.91 Å². The van der Waals surface area contributed by atoms with E-state index in [1.54, 1.807) is 0 Å². The summed E-state index contributed by atoms with van der Waals surface area (Å²) in [5.74, 6) is -0.724. The van der Waals surface area contributed by atoms with E-state index in [1.807, 2.05) is 0 Å². The molecule has 0 aliphatic carbocycles. The summed E-state index contributed by atoms with van der Waals surface area (Å²) in [6.45, 7) is 0. The molecule has 0 spiro atoms. The molecule has 0 aliphatic heterocycles. The summed E-state index contributed by atoms with van der Waals surface area (Å²) in [6.07, 6.45) is 2.46. The number of nitrogens with zero attached hydrogens (tertiary/aromatic N) is 2. The molecule has 0 bridgehead atoms. The number of rotatable bonds is 1. The van der Waals surface area contributed by atoms with Gasteiger partial charge in [-0.1, -0.05) is 0 Å². The second-order valence-corrected chi connectivity index (χ2v) is 1.38.